The number of benzene rings is 1. The zero-order chi connectivity index (χ0) is 13.9. The van der Waals surface area contributed by atoms with Crippen molar-refractivity contribution < 1.29 is 0 Å². The third-order valence-electron chi connectivity index (χ3n) is 4.93. The minimum atomic E-state index is 0.626. The predicted molar refractivity (Wildman–Crippen MR) is 83.9 cm³/mol. The van der Waals surface area contributed by atoms with Crippen LogP contribution in [0.5, 0.6) is 0 Å². The van der Waals surface area contributed by atoms with Crippen molar-refractivity contribution in [2.24, 2.45) is 0 Å². The van der Waals surface area contributed by atoms with E-state index in [2.05, 4.69) is 53.5 Å². The lowest BCUT2D eigenvalue weighted by Crippen LogP contribution is -2.49. The van der Waals surface area contributed by atoms with Gasteiger partial charge in [-0.25, -0.2) is 0 Å². The van der Waals surface area contributed by atoms with E-state index in [1.165, 1.54) is 44.5 Å². The summed E-state index contributed by atoms with van der Waals surface area (Å²) in [4.78, 5) is 5.03. The Morgan fingerprint density at radius 3 is 2.55 bits per heavy atom. The number of rotatable bonds is 3. The molecule has 0 radical (unpaired) electrons. The van der Waals surface area contributed by atoms with Crippen LogP contribution in [0.2, 0.25) is 0 Å². The first kappa shape index (κ1) is 14.1. The Labute approximate surface area is 123 Å². The second kappa shape index (κ2) is 6.25. The summed E-state index contributed by atoms with van der Waals surface area (Å²) in [6, 6.07) is 10.3. The van der Waals surface area contributed by atoms with Crippen LogP contribution in [0.15, 0.2) is 24.3 Å². The number of likely N-dealkylation sites (tertiary alicyclic amines) is 1. The molecule has 2 aliphatic heterocycles. The average molecular weight is 273 g/mol. The molecule has 3 rings (SSSR count). The zero-order valence-electron chi connectivity index (χ0n) is 12.8. The number of nitrogens with zero attached hydrogens (tertiary/aromatic N) is 2. The molecule has 0 saturated carbocycles. The lowest BCUT2D eigenvalue weighted by molar-refractivity contribution is 0.134. The van der Waals surface area contributed by atoms with Crippen LogP contribution < -0.4 is 5.32 Å². The second-order valence-corrected chi connectivity index (χ2v) is 6.55. The molecule has 0 bridgehead atoms. The van der Waals surface area contributed by atoms with E-state index in [-0.39, 0.29) is 0 Å². The Balaban J connectivity index is 1.51. The van der Waals surface area contributed by atoms with Gasteiger partial charge in [0, 0.05) is 25.2 Å². The van der Waals surface area contributed by atoms with Crippen molar-refractivity contribution in [3.05, 3.63) is 35.4 Å². The summed E-state index contributed by atoms with van der Waals surface area (Å²) in [5.41, 5.74) is 3.02. The van der Waals surface area contributed by atoms with Gasteiger partial charge in [0.05, 0.1) is 0 Å². The first-order chi connectivity index (χ1) is 9.72. The predicted octanol–water partition coefficient (Wildman–Crippen LogP) is 1.73. The Bertz CT molecular complexity index is 436. The molecule has 1 N–H and O–H groups in total. The van der Waals surface area contributed by atoms with Crippen LogP contribution in [0.3, 0.4) is 0 Å². The van der Waals surface area contributed by atoms with E-state index in [0.717, 1.165) is 12.6 Å². The number of piperidine rings is 1. The van der Waals surface area contributed by atoms with Crippen molar-refractivity contribution in [3.63, 3.8) is 0 Å². The van der Waals surface area contributed by atoms with Crippen LogP contribution in [0.1, 0.15) is 24.0 Å². The van der Waals surface area contributed by atoms with E-state index in [1.54, 1.807) is 5.56 Å². The van der Waals surface area contributed by atoms with Crippen LogP contribution in [0.25, 0.3) is 0 Å². The zero-order valence-corrected chi connectivity index (χ0v) is 12.8. The van der Waals surface area contributed by atoms with E-state index in [0.29, 0.717) is 6.04 Å². The summed E-state index contributed by atoms with van der Waals surface area (Å²) in [6.07, 6.45) is 3.82. The highest BCUT2D eigenvalue weighted by molar-refractivity contribution is 5.29. The van der Waals surface area contributed by atoms with E-state index in [4.69, 9.17) is 0 Å². The summed E-state index contributed by atoms with van der Waals surface area (Å²) >= 11 is 0. The second-order valence-electron chi connectivity index (χ2n) is 6.55. The maximum Gasteiger partial charge on any atom is 0.0238 e. The topological polar surface area (TPSA) is 18.5 Å². The van der Waals surface area contributed by atoms with Gasteiger partial charge in [0.2, 0.25) is 0 Å². The van der Waals surface area contributed by atoms with Crippen molar-refractivity contribution in [2.75, 3.05) is 33.7 Å². The number of fused-ring (bicyclic) bond motifs is 1. The number of nitrogens with one attached hydrogen (secondary N) is 1. The lowest BCUT2D eigenvalue weighted by Gasteiger charge is -2.38. The van der Waals surface area contributed by atoms with Crippen molar-refractivity contribution in [1.82, 2.24) is 15.1 Å². The first-order valence-electron chi connectivity index (χ1n) is 7.91. The van der Waals surface area contributed by atoms with Gasteiger partial charge in [-0.2, -0.15) is 0 Å². The minimum Gasteiger partial charge on any atom is -0.308 e. The molecule has 1 unspecified atom stereocenters. The molecular formula is C17H27N3. The third-order valence-corrected chi connectivity index (χ3v) is 4.93. The van der Waals surface area contributed by atoms with Crippen molar-refractivity contribution in [1.29, 1.82) is 0 Å². The largest absolute Gasteiger partial charge is 0.308 e. The Kier molecular flexibility index (Phi) is 4.39. The SMILES string of the molecule is CN(C)C1CCN(CC2Cc3ccccc3CN2)CC1. The minimum absolute atomic E-state index is 0.626. The molecule has 2 aliphatic rings. The van der Waals surface area contributed by atoms with Gasteiger partial charge in [0.15, 0.2) is 0 Å². The van der Waals surface area contributed by atoms with Crippen molar-refractivity contribution >= 4 is 0 Å². The molecule has 110 valence electrons. The van der Waals surface area contributed by atoms with Crippen LogP contribution >= 0.6 is 0 Å². The van der Waals surface area contributed by atoms with E-state index < -0.39 is 0 Å². The Hall–Kier alpha value is -0.900. The molecule has 0 aromatic heterocycles. The molecule has 0 aliphatic carbocycles. The van der Waals surface area contributed by atoms with Gasteiger partial charge in [0.1, 0.15) is 0 Å². The van der Waals surface area contributed by atoms with Crippen molar-refractivity contribution in [3.8, 4) is 0 Å². The molecule has 1 aromatic rings. The van der Waals surface area contributed by atoms with Crippen LogP contribution in [0.4, 0.5) is 0 Å². The molecule has 1 saturated heterocycles. The summed E-state index contributed by atoms with van der Waals surface area (Å²) < 4.78 is 0. The molecule has 0 amide bonds. The van der Waals surface area contributed by atoms with Gasteiger partial charge in [0.25, 0.3) is 0 Å². The molecule has 20 heavy (non-hydrogen) atoms. The molecule has 3 heteroatoms. The van der Waals surface area contributed by atoms with Crippen LogP contribution in [0, 0.1) is 0 Å². The molecule has 1 atom stereocenters. The number of hydrogen-bond donors (Lipinski definition) is 1. The quantitative estimate of drug-likeness (QED) is 0.905. The van der Waals surface area contributed by atoms with Gasteiger partial charge in [-0.3, -0.25) is 0 Å². The van der Waals surface area contributed by atoms with Crippen molar-refractivity contribution in [2.45, 2.75) is 37.9 Å². The Morgan fingerprint density at radius 2 is 1.85 bits per heavy atom. The monoisotopic (exact) mass is 273 g/mol. The van der Waals surface area contributed by atoms with E-state index in [1.807, 2.05) is 0 Å². The summed E-state index contributed by atoms with van der Waals surface area (Å²) in [7, 11) is 4.42. The number of hydrogen-bond acceptors (Lipinski definition) is 3. The fourth-order valence-corrected chi connectivity index (χ4v) is 3.58. The smallest absolute Gasteiger partial charge is 0.0238 e. The normalized spacial score (nSPS) is 24.9. The molecular weight excluding hydrogens is 246 g/mol. The molecule has 0 spiro atoms. The fourth-order valence-electron chi connectivity index (χ4n) is 3.58. The standard InChI is InChI=1S/C17H27N3/c1-19(2)17-7-9-20(10-8-17)13-16-11-14-5-3-4-6-15(14)12-18-16/h3-6,16-18H,7-13H2,1-2H3. The van der Waals surface area contributed by atoms with Gasteiger partial charge in [-0.1, -0.05) is 24.3 Å². The maximum atomic E-state index is 3.70. The van der Waals surface area contributed by atoms with Gasteiger partial charge >= 0.3 is 0 Å². The summed E-state index contributed by atoms with van der Waals surface area (Å²) in [5.74, 6) is 0. The average Bonchev–Trinajstić information content (AvgIpc) is 2.48. The highest BCUT2D eigenvalue weighted by atomic mass is 15.2. The molecule has 1 aromatic carbocycles. The van der Waals surface area contributed by atoms with E-state index in [9.17, 15) is 0 Å². The Morgan fingerprint density at radius 1 is 1.15 bits per heavy atom. The fraction of sp³-hybridized carbons (Fsp3) is 0.647. The van der Waals surface area contributed by atoms with Gasteiger partial charge in [-0.05, 0) is 57.6 Å². The highest BCUT2D eigenvalue weighted by Gasteiger charge is 2.24. The lowest BCUT2D eigenvalue weighted by atomic mass is 9.95. The highest BCUT2D eigenvalue weighted by Crippen LogP contribution is 2.19. The van der Waals surface area contributed by atoms with Crippen LogP contribution in [-0.2, 0) is 13.0 Å². The maximum absolute atomic E-state index is 3.70. The molecule has 3 nitrogen and oxygen atoms in total. The summed E-state index contributed by atoms with van der Waals surface area (Å²) in [6.45, 7) is 4.74. The third kappa shape index (κ3) is 3.22. The van der Waals surface area contributed by atoms with E-state index >= 15 is 0 Å². The van der Waals surface area contributed by atoms with Gasteiger partial charge < -0.3 is 15.1 Å². The molecule has 1 fully saturated rings. The van der Waals surface area contributed by atoms with Crippen LogP contribution in [-0.4, -0.2) is 55.6 Å². The first-order valence-corrected chi connectivity index (χ1v) is 7.91. The molecule has 2 heterocycles. The summed E-state index contributed by atoms with van der Waals surface area (Å²) in [5, 5.41) is 3.70. The van der Waals surface area contributed by atoms with Gasteiger partial charge in [-0.15, -0.1) is 0 Å².